The molecule has 1 aliphatic rings. The van der Waals surface area contributed by atoms with Crippen LogP contribution >= 0.6 is 0 Å². The summed E-state index contributed by atoms with van der Waals surface area (Å²) in [6, 6.07) is 14.8. The first-order chi connectivity index (χ1) is 13.2. The first-order valence-electron chi connectivity index (χ1n) is 9.48. The third-order valence-electron chi connectivity index (χ3n) is 4.99. The molecule has 2 heterocycles. The van der Waals surface area contributed by atoms with Gasteiger partial charge in [-0.15, -0.1) is 0 Å². The van der Waals surface area contributed by atoms with Gasteiger partial charge in [0.1, 0.15) is 11.6 Å². The molecule has 3 aromatic rings. The van der Waals surface area contributed by atoms with Gasteiger partial charge in [0, 0.05) is 30.8 Å². The van der Waals surface area contributed by atoms with E-state index in [1.807, 2.05) is 37.3 Å². The first kappa shape index (κ1) is 18.0. The lowest BCUT2D eigenvalue weighted by Crippen LogP contribution is -2.32. The van der Waals surface area contributed by atoms with Crippen LogP contribution in [0, 0.1) is 12.7 Å². The fourth-order valence-corrected chi connectivity index (χ4v) is 3.72. The molecule has 1 saturated heterocycles. The van der Waals surface area contributed by atoms with Crippen LogP contribution in [-0.4, -0.2) is 34.1 Å². The van der Waals surface area contributed by atoms with Crippen molar-refractivity contribution in [3.8, 4) is 0 Å². The van der Waals surface area contributed by atoms with Crippen LogP contribution in [0.5, 0.6) is 0 Å². The fourth-order valence-electron chi connectivity index (χ4n) is 3.72. The number of benzene rings is 2. The smallest absolute Gasteiger partial charge is 0.143 e. The number of fused-ring (bicyclic) bond motifs is 1. The molecule has 1 unspecified atom stereocenters. The minimum absolute atomic E-state index is 0.206. The summed E-state index contributed by atoms with van der Waals surface area (Å²) in [7, 11) is 0. The second-order valence-electron chi connectivity index (χ2n) is 7.18. The lowest BCUT2D eigenvalue weighted by atomic mass is 10.1. The van der Waals surface area contributed by atoms with Crippen molar-refractivity contribution in [3.63, 3.8) is 0 Å². The van der Waals surface area contributed by atoms with Crippen molar-refractivity contribution in [2.45, 2.75) is 39.0 Å². The van der Waals surface area contributed by atoms with Crippen LogP contribution in [0.4, 0.5) is 4.39 Å². The molecule has 4 rings (SSSR count). The van der Waals surface area contributed by atoms with Crippen molar-refractivity contribution in [2.24, 2.45) is 0 Å². The Morgan fingerprint density at radius 1 is 1.11 bits per heavy atom. The number of halogens is 1. The van der Waals surface area contributed by atoms with E-state index in [0.717, 1.165) is 54.0 Å². The molecule has 27 heavy (non-hydrogen) atoms. The van der Waals surface area contributed by atoms with Crippen LogP contribution in [0.2, 0.25) is 0 Å². The molecule has 0 amide bonds. The molecule has 0 bridgehead atoms. The highest BCUT2D eigenvalue weighted by Gasteiger charge is 2.20. The van der Waals surface area contributed by atoms with Crippen molar-refractivity contribution >= 4 is 10.9 Å². The maximum Gasteiger partial charge on any atom is 0.143 e. The highest BCUT2D eigenvalue weighted by molar-refractivity contribution is 5.80. The number of para-hydroxylation sites is 1. The Morgan fingerprint density at radius 3 is 2.81 bits per heavy atom. The molecule has 1 atom stereocenters. The van der Waals surface area contributed by atoms with Gasteiger partial charge in [0.05, 0.1) is 18.2 Å². The van der Waals surface area contributed by atoms with E-state index in [9.17, 15) is 4.39 Å². The predicted molar refractivity (Wildman–Crippen MR) is 104 cm³/mol. The Balaban J connectivity index is 1.57. The van der Waals surface area contributed by atoms with Gasteiger partial charge in [0.15, 0.2) is 0 Å². The summed E-state index contributed by atoms with van der Waals surface area (Å²) in [5.41, 5.74) is 2.90. The summed E-state index contributed by atoms with van der Waals surface area (Å²) in [4.78, 5) is 11.7. The predicted octanol–water partition coefficient (Wildman–Crippen LogP) is 4.26. The number of hydrogen-bond donors (Lipinski definition) is 0. The number of ether oxygens (including phenoxy) is 1. The van der Waals surface area contributed by atoms with Gasteiger partial charge >= 0.3 is 0 Å². The van der Waals surface area contributed by atoms with Crippen molar-refractivity contribution < 1.29 is 9.13 Å². The Hall–Kier alpha value is -2.37. The van der Waals surface area contributed by atoms with Crippen molar-refractivity contribution in [2.75, 3.05) is 13.2 Å². The van der Waals surface area contributed by atoms with Gasteiger partial charge in [-0.25, -0.2) is 14.4 Å². The zero-order chi connectivity index (χ0) is 18.6. The average molecular weight is 365 g/mol. The molecule has 4 nitrogen and oxygen atoms in total. The van der Waals surface area contributed by atoms with Crippen molar-refractivity contribution in [1.82, 2.24) is 14.9 Å². The molecule has 1 aromatic heterocycles. The molecular formula is C22H24FN3O. The van der Waals surface area contributed by atoms with Crippen molar-refractivity contribution in [3.05, 3.63) is 71.4 Å². The van der Waals surface area contributed by atoms with E-state index < -0.39 is 0 Å². The van der Waals surface area contributed by atoms with E-state index >= 15 is 0 Å². The van der Waals surface area contributed by atoms with Gasteiger partial charge < -0.3 is 4.74 Å². The van der Waals surface area contributed by atoms with E-state index in [-0.39, 0.29) is 11.9 Å². The molecule has 2 aromatic carbocycles. The second kappa shape index (κ2) is 8.11. The molecule has 0 spiro atoms. The molecule has 1 aliphatic heterocycles. The highest BCUT2D eigenvalue weighted by Crippen LogP contribution is 2.19. The van der Waals surface area contributed by atoms with E-state index in [1.54, 1.807) is 12.1 Å². The highest BCUT2D eigenvalue weighted by atomic mass is 19.1. The average Bonchev–Trinajstić information content (AvgIpc) is 3.15. The van der Waals surface area contributed by atoms with Crippen LogP contribution in [-0.2, 0) is 17.8 Å². The first-order valence-corrected chi connectivity index (χ1v) is 9.48. The number of aryl methyl sites for hydroxylation is 1. The molecule has 0 radical (unpaired) electrons. The minimum Gasteiger partial charge on any atom is -0.377 e. The topological polar surface area (TPSA) is 38.2 Å². The third-order valence-corrected chi connectivity index (χ3v) is 4.99. The van der Waals surface area contributed by atoms with Crippen LogP contribution < -0.4 is 0 Å². The quantitative estimate of drug-likeness (QED) is 0.654. The number of hydrogen-bond acceptors (Lipinski definition) is 4. The van der Waals surface area contributed by atoms with Gasteiger partial charge in [0.2, 0.25) is 0 Å². The lowest BCUT2D eigenvalue weighted by Gasteiger charge is -2.25. The van der Waals surface area contributed by atoms with E-state index in [1.165, 1.54) is 6.07 Å². The largest absolute Gasteiger partial charge is 0.377 e. The summed E-state index contributed by atoms with van der Waals surface area (Å²) in [5.74, 6) is 0.586. The van der Waals surface area contributed by atoms with E-state index in [2.05, 4.69) is 4.90 Å². The minimum atomic E-state index is -0.206. The molecular weight excluding hydrogens is 341 g/mol. The second-order valence-corrected chi connectivity index (χ2v) is 7.18. The van der Waals surface area contributed by atoms with Crippen LogP contribution in [0.25, 0.3) is 10.9 Å². The molecule has 0 aliphatic carbocycles. The van der Waals surface area contributed by atoms with E-state index in [0.29, 0.717) is 13.1 Å². The summed E-state index contributed by atoms with van der Waals surface area (Å²) >= 11 is 0. The van der Waals surface area contributed by atoms with Crippen molar-refractivity contribution in [1.29, 1.82) is 0 Å². The monoisotopic (exact) mass is 365 g/mol. The SMILES string of the molecule is Cc1nc(CN(Cc2cccc(F)c2)CC2CCCO2)nc2ccccc12. The maximum atomic E-state index is 13.6. The van der Waals surface area contributed by atoms with Crippen LogP contribution in [0.3, 0.4) is 0 Å². The third kappa shape index (κ3) is 4.49. The summed E-state index contributed by atoms with van der Waals surface area (Å²) in [6.07, 6.45) is 2.39. The zero-order valence-electron chi connectivity index (χ0n) is 15.6. The summed E-state index contributed by atoms with van der Waals surface area (Å²) in [5, 5.41) is 1.08. The zero-order valence-corrected chi connectivity index (χ0v) is 15.6. The van der Waals surface area contributed by atoms with Gasteiger partial charge in [0.25, 0.3) is 0 Å². The summed E-state index contributed by atoms with van der Waals surface area (Å²) in [6.45, 7) is 4.90. The number of aromatic nitrogens is 2. The van der Waals surface area contributed by atoms with E-state index in [4.69, 9.17) is 14.7 Å². The normalized spacial score (nSPS) is 17.1. The number of nitrogens with zero attached hydrogens (tertiary/aromatic N) is 3. The molecule has 5 heteroatoms. The standard InChI is InChI=1S/C22H24FN3O/c1-16-20-9-2-3-10-21(20)25-22(24-16)15-26(14-19-8-5-11-27-19)13-17-6-4-7-18(23)12-17/h2-4,6-7,9-10,12,19H,5,8,11,13-15H2,1H3. The van der Waals surface area contributed by atoms with Crippen LogP contribution in [0.15, 0.2) is 48.5 Å². The number of rotatable bonds is 6. The van der Waals surface area contributed by atoms with Crippen LogP contribution in [0.1, 0.15) is 29.9 Å². The van der Waals surface area contributed by atoms with Gasteiger partial charge in [-0.05, 0) is 43.5 Å². The van der Waals surface area contributed by atoms with Gasteiger partial charge in [-0.2, -0.15) is 0 Å². The Bertz CT molecular complexity index is 924. The Morgan fingerprint density at radius 2 is 2.00 bits per heavy atom. The summed E-state index contributed by atoms with van der Waals surface area (Å²) < 4.78 is 19.4. The maximum absolute atomic E-state index is 13.6. The molecule has 0 N–H and O–H groups in total. The molecule has 140 valence electrons. The van der Waals surface area contributed by atoms with Gasteiger partial charge in [-0.1, -0.05) is 30.3 Å². The lowest BCUT2D eigenvalue weighted by molar-refractivity contribution is 0.0670. The molecule has 1 fully saturated rings. The fraction of sp³-hybridized carbons (Fsp3) is 0.364. The Kier molecular flexibility index (Phi) is 5.41. The molecule has 0 saturated carbocycles. The Labute approximate surface area is 159 Å². The van der Waals surface area contributed by atoms with Gasteiger partial charge in [-0.3, -0.25) is 4.90 Å².